The van der Waals surface area contributed by atoms with Gasteiger partial charge in [-0.25, -0.2) is 0 Å². The number of allylic oxidation sites excluding steroid dienone is 6. The second-order valence-corrected chi connectivity index (χ2v) is 19.0. The SMILES string of the molecule is CCCCCCCC/C=C\CCCCCCCC(=O)OCCCN(CCCOC(CCCCCCC/C=C\CCCCCCCC)=C(C)C)C(=S)NCCCN1CCN(C)CC1. The van der Waals surface area contributed by atoms with Gasteiger partial charge in [0.15, 0.2) is 5.11 Å². The van der Waals surface area contributed by atoms with Crippen molar-refractivity contribution in [1.82, 2.24) is 20.0 Å². The van der Waals surface area contributed by atoms with E-state index < -0.39 is 0 Å². The number of rotatable bonds is 43. The van der Waals surface area contributed by atoms with Crippen LogP contribution in [0, 0.1) is 0 Å². The van der Waals surface area contributed by atoms with Crippen LogP contribution in [0.2, 0.25) is 0 Å². The number of likely N-dealkylation sites (N-methyl/N-ethyl adjacent to an activating group) is 1. The predicted molar refractivity (Wildman–Crippen MR) is 274 cm³/mol. The van der Waals surface area contributed by atoms with Crippen LogP contribution in [0.4, 0.5) is 0 Å². The van der Waals surface area contributed by atoms with Gasteiger partial charge >= 0.3 is 5.97 Å². The highest BCUT2D eigenvalue weighted by molar-refractivity contribution is 7.80. The quantitative estimate of drug-likeness (QED) is 0.0214. The Labute approximate surface area is 391 Å². The predicted octanol–water partition coefficient (Wildman–Crippen LogP) is 14.5. The lowest BCUT2D eigenvalue weighted by Crippen LogP contribution is -2.46. The van der Waals surface area contributed by atoms with E-state index in [0.717, 1.165) is 102 Å². The van der Waals surface area contributed by atoms with E-state index in [-0.39, 0.29) is 5.97 Å². The number of unbranched alkanes of at least 4 members (excludes halogenated alkanes) is 22. The third-order valence-corrected chi connectivity index (χ3v) is 12.8. The number of carbonyl (C=O) groups is 1. The molecule has 0 unspecified atom stereocenters. The van der Waals surface area contributed by atoms with Gasteiger partial charge in [0, 0.05) is 58.7 Å². The molecule has 0 bridgehead atoms. The number of esters is 1. The normalized spacial score (nSPS) is 13.6. The lowest BCUT2D eigenvalue weighted by Gasteiger charge is -2.32. The second kappa shape index (κ2) is 44.3. The van der Waals surface area contributed by atoms with Crippen molar-refractivity contribution < 1.29 is 14.3 Å². The fraction of sp³-hybridized carbons (Fsp3) is 0.852. The molecule has 0 spiro atoms. The van der Waals surface area contributed by atoms with Gasteiger partial charge in [0.25, 0.3) is 0 Å². The summed E-state index contributed by atoms with van der Waals surface area (Å²) in [5, 5.41) is 4.35. The zero-order chi connectivity index (χ0) is 45.0. The number of hydrogen-bond acceptors (Lipinski definition) is 6. The Kier molecular flexibility index (Phi) is 41.5. The molecule has 0 atom stereocenters. The van der Waals surface area contributed by atoms with Crippen molar-refractivity contribution in [2.24, 2.45) is 0 Å². The molecule has 0 radical (unpaired) electrons. The summed E-state index contributed by atoms with van der Waals surface area (Å²) in [6.45, 7) is 18.2. The molecule has 1 aliphatic heterocycles. The number of hydrogen-bond donors (Lipinski definition) is 1. The average Bonchev–Trinajstić information content (AvgIpc) is 3.26. The topological polar surface area (TPSA) is 57.3 Å². The van der Waals surface area contributed by atoms with Crippen LogP contribution in [0.1, 0.15) is 227 Å². The lowest BCUT2D eigenvalue weighted by molar-refractivity contribution is -0.143. The third kappa shape index (κ3) is 37.5. The zero-order valence-corrected chi connectivity index (χ0v) is 42.6. The van der Waals surface area contributed by atoms with E-state index >= 15 is 0 Å². The summed E-state index contributed by atoms with van der Waals surface area (Å²) >= 11 is 5.93. The highest BCUT2D eigenvalue weighted by atomic mass is 32.1. The van der Waals surface area contributed by atoms with Gasteiger partial charge in [-0.2, -0.15) is 0 Å². The van der Waals surface area contributed by atoms with Crippen molar-refractivity contribution in [3.8, 4) is 0 Å². The standard InChI is InChI=1S/C54H102N4O3S/c1-6-8-10-12-14-16-18-20-22-24-26-28-30-32-34-39-52(51(3)4)60-49-37-43-58(54(62)55-41-36-42-57-47-45-56(5)46-48-57)44-38-50-61-53(59)40-35-33-31-29-27-25-23-21-19-17-15-13-11-9-7-2/h20-23H,6-19,24-50H2,1-5H3,(H,55,62)/b22-20-,23-21-. The van der Waals surface area contributed by atoms with E-state index in [9.17, 15) is 4.79 Å². The molecule has 1 saturated heterocycles. The highest BCUT2D eigenvalue weighted by Crippen LogP contribution is 2.18. The molecule has 1 fully saturated rings. The Morgan fingerprint density at radius 1 is 0.565 bits per heavy atom. The van der Waals surface area contributed by atoms with Crippen LogP contribution in [-0.4, -0.2) is 98.4 Å². The zero-order valence-electron chi connectivity index (χ0n) is 41.8. The Balaban J connectivity index is 2.31. The minimum Gasteiger partial charge on any atom is -0.498 e. The van der Waals surface area contributed by atoms with E-state index in [0.29, 0.717) is 19.6 Å². The molecule has 0 aliphatic carbocycles. The first-order valence-electron chi connectivity index (χ1n) is 26.6. The minimum absolute atomic E-state index is 0.0623. The maximum atomic E-state index is 12.5. The Hall–Kier alpha value is -1.90. The molecule has 8 heteroatoms. The van der Waals surface area contributed by atoms with Crippen molar-refractivity contribution in [2.75, 3.05) is 72.6 Å². The number of thiocarbonyl (C=S) groups is 1. The molecule has 0 aromatic heterocycles. The Morgan fingerprint density at radius 3 is 1.48 bits per heavy atom. The monoisotopic (exact) mass is 887 g/mol. The summed E-state index contributed by atoms with van der Waals surface area (Å²) in [4.78, 5) is 19.7. The first-order valence-corrected chi connectivity index (χ1v) is 27.0. The molecular weight excluding hydrogens is 785 g/mol. The Bertz CT molecular complexity index is 1110. The van der Waals surface area contributed by atoms with Crippen molar-refractivity contribution in [3.05, 3.63) is 35.6 Å². The first-order chi connectivity index (χ1) is 30.4. The average molecular weight is 888 g/mol. The van der Waals surface area contributed by atoms with E-state index in [4.69, 9.17) is 21.7 Å². The van der Waals surface area contributed by atoms with Crippen LogP contribution in [0.25, 0.3) is 0 Å². The van der Waals surface area contributed by atoms with Gasteiger partial charge in [0.2, 0.25) is 0 Å². The second-order valence-electron chi connectivity index (χ2n) is 18.6. The molecule has 0 aromatic carbocycles. The van der Waals surface area contributed by atoms with Crippen molar-refractivity contribution in [3.63, 3.8) is 0 Å². The van der Waals surface area contributed by atoms with Crippen LogP contribution in [0.3, 0.4) is 0 Å². The first kappa shape index (κ1) is 58.1. The molecule has 362 valence electrons. The molecule has 1 heterocycles. The molecule has 62 heavy (non-hydrogen) atoms. The van der Waals surface area contributed by atoms with Gasteiger partial charge in [0.1, 0.15) is 0 Å². The minimum atomic E-state index is -0.0623. The molecule has 1 aliphatic rings. The van der Waals surface area contributed by atoms with Crippen LogP contribution in [-0.2, 0) is 14.3 Å². The molecule has 1 N–H and O–H groups in total. The third-order valence-electron chi connectivity index (χ3n) is 12.4. The maximum Gasteiger partial charge on any atom is 0.305 e. The molecular formula is C54H102N4O3S. The highest BCUT2D eigenvalue weighted by Gasteiger charge is 2.14. The number of piperazine rings is 1. The summed E-state index contributed by atoms with van der Waals surface area (Å²) in [6.07, 6.45) is 47.4. The summed E-state index contributed by atoms with van der Waals surface area (Å²) in [5.41, 5.74) is 1.29. The van der Waals surface area contributed by atoms with Crippen LogP contribution in [0.5, 0.6) is 0 Å². The fourth-order valence-electron chi connectivity index (χ4n) is 8.12. The van der Waals surface area contributed by atoms with E-state index in [1.165, 1.54) is 160 Å². The molecule has 1 rings (SSSR count). The van der Waals surface area contributed by atoms with E-state index in [2.05, 4.69) is 79.1 Å². The van der Waals surface area contributed by atoms with Crippen LogP contribution >= 0.6 is 12.2 Å². The molecule has 0 amide bonds. The van der Waals surface area contributed by atoms with Gasteiger partial charge < -0.3 is 29.5 Å². The van der Waals surface area contributed by atoms with Crippen LogP contribution < -0.4 is 5.32 Å². The van der Waals surface area contributed by atoms with Gasteiger partial charge in [-0.3, -0.25) is 4.79 Å². The van der Waals surface area contributed by atoms with Crippen molar-refractivity contribution in [1.29, 1.82) is 0 Å². The van der Waals surface area contributed by atoms with Gasteiger partial charge in [0.05, 0.1) is 19.0 Å². The van der Waals surface area contributed by atoms with Crippen LogP contribution in [0.15, 0.2) is 35.6 Å². The molecule has 7 nitrogen and oxygen atoms in total. The van der Waals surface area contributed by atoms with E-state index in [1.807, 2.05) is 0 Å². The van der Waals surface area contributed by atoms with Gasteiger partial charge in [-0.15, -0.1) is 0 Å². The lowest BCUT2D eigenvalue weighted by atomic mass is 10.1. The Morgan fingerprint density at radius 2 is 1.00 bits per heavy atom. The number of nitrogens with one attached hydrogen (secondary N) is 1. The smallest absolute Gasteiger partial charge is 0.305 e. The fourth-order valence-corrected chi connectivity index (χ4v) is 8.41. The van der Waals surface area contributed by atoms with E-state index in [1.54, 1.807) is 0 Å². The molecule has 0 saturated carbocycles. The number of ether oxygens (including phenoxy) is 2. The largest absolute Gasteiger partial charge is 0.498 e. The number of carbonyl (C=O) groups excluding carboxylic acids is 1. The van der Waals surface area contributed by atoms with Gasteiger partial charge in [-0.05, 0) is 129 Å². The summed E-state index contributed by atoms with van der Waals surface area (Å²) in [7, 11) is 2.21. The van der Waals surface area contributed by atoms with Gasteiger partial charge in [-0.1, -0.05) is 141 Å². The summed E-state index contributed by atoms with van der Waals surface area (Å²) in [5.74, 6) is 1.10. The number of nitrogens with zero attached hydrogens (tertiary/aromatic N) is 3. The summed E-state index contributed by atoms with van der Waals surface area (Å²) in [6, 6.07) is 0. The summed E-state index contributed by atoms with van der Waals surface area (Å²) < 4.78 is 12.1. The van der Waals surface area contributed by atoms with Crippen molar-refractivity contribution >= 4 is 23.3 Å². The molecule has 0 aromatic rings. The van der Waals surface area contributed by atoms with Crippen molar-refractivity contribution in [2.45, 2.75) is 227 Å². The maximum absolute atomic E-state index is 12.5.